The Morgan fingerprint density at radius 2 is 1.73 bits per heavy atom. The molecule has 138 valence electrons. The first-order valence-corrected chi connectivity index (χ1v) is 10.9. The Labute approximate surface area is 159 Å². The van der Waals surface area contributed by atoms with Crippen molar-refractivity contribution in [1.82, 2.24) is 10.2 Å². The molecule has 8 nitrogen and oxygen atoms in total. The molecule has 0 saturated carbocycles. The third-order valence-electron chi connectivity index (χ3n) is 3.42. The summed E-state index contributed by atoms with van der Waals surface area (Å²) in [4.78, 5) is 24.6. The third-order valence-corrected chi connectivity index (χ3v) is 6.83. The molecule has 2 amide bonds. The predicted octanol–water partition coefficient (Wildman–Crippen LogP) is 2.49. The zero-order valence-electron chi connectivity index (χ0n) is 14.0. The molecule has 3 rings (SSSR count). The lowest BCUT2D eigenvalue weighted by Gasteiger charge is -2.14. The van der Waals surface area contributed by atoms with Gasteiger partial charge in [-0.05, 0) is 24.3 Å². The van der Waals surface area contributed by atoms with Gasteiger partial charge in [0, 0.05) is 18.1 Å². The highest BCUT2D eigenvalue weighted by Gasteiger charge is 2.30. The van der Waals surface area contributed by atoms with E-state index >= 15 is 0 Å². The average molecular weight is 413 g/mol. The van der Waals surface area contributed by atoms with Crippen LogP contribution in [0.5, 0.6) is 0 Å². The molecule has 1 aliphatic heterocycles. The number of nitrogens with zero attached hydrogens (tertiary/aromatic N) is 3. The molecule has 0 bridgehead atoms. The summed E-state index contributed by atoms with van der Waals surface area (Å²) in [5.74, 6) is -0.569. The summed E-state index contributed by atoms with van der Waals surface area (Å²) in [6.07, 6.45) is 0.350. The lowest BCUT2D eigenvalue weighted by atomic mass is 10.3. The second kappa shape index (κ2) is 7.33. The van der Waals surface area contributed by atoms with Gasteiger partial charge in [0.05, 0.1) is 10.6 Å². The maximum absolute atomic E-state index is 12.5. The summed E-state index contributed by atoms with van der Waals surface area (Å²) in [6, 6.07) is 5.58. The molecule has 1 aromatic carbocycles. The number of imide groups is 1. The molecular formula is C15H16N4O4S3. The molecule has 1 N–H and O–H groups in total. The third kappa shape index (κ3) is 4.05. The number of sulfonamides is 1. The number of nitrogens with one attached hydrogen (secondary N) is 1. The minimum absolute atomic E-state index is 0.00797. The average Bonchev–Trinajstić information content (AvgIpc) is 3.13. The monoisotopic (exact) mass is 412 g/mol. The van der Waals surface area contributed by atoms with Crippen LogP contribution in [0.3, 0.4) is 0 Å². The molecule has 1 aromatic heterocycles. The number of amides is 2. The number of aromatic nitrogens is 2. The van der Waals surface area contributed by atoms with Gasteiger partial charge in [-0.2, -0.15) is 0 Å². The standard InChI is InChI=1S/C15H16N4O4S3/c1-9(2)24-15-17-16-14(25-15)18-26(22,23)11-5-3-10(4-6-11)19-12(20)7-8-13(19)21/h3-6,9H,7-8H2,1-2H3,(H,16,18). The molecule has 2 heterocycles. The first-order chi connectivity index (χ1) is 12.3. The molecule has 1 saturated heterocycles. The molecule has 2 aromatic rings. The van der Waals surface area contributed by atoms with E-state index in [4.69, 9.17) is 0 Å². The molecule has 0 aliphatic carbocycles. The van der Waals surface area contributed by atoms with Crippen LogP contribution in [0.15, 0.2) is 33.5 Å². The van der Waals surface area contributed by atoms with Crippen LogP contribution in [-0.2, 0) is 19.6 Å². The van der Waals surface area contributed by atoms with E-state index in [2.05, 4.69) is 14.9 Å². The lowest BCUT2D eigenvalue weighted by molar-refractivity contribution is -0.121. The number of hydrogen-bond acceptors (Lipinski definition) is 8. The van der Waals surface area contributed by atoms with Crippen molar-refractivity contribution in [2.75, 3.05) is 9.62 Å². The lowest BCUT2D eigenvalue weighted by Crippen LogP contribution is -2.28. The van der Waals surface area contributed by atoms with Crippen molar-refractivity contribution in [3.8, 4) is 0 Å². The van der Waals surface area contributed by atoms with Gasteiger partial charge in [-0.1, -0.05) is 36.9 Å². The largest absolute Gasteiger partial charge is 0.274 e. The summed E-state index contributed by atoms with van der Waals surface area (Å²) < 4.78 is 28.0. The van der Waals surface area contributed by atoms with Gasteiger partial charge in [-0.15, -0.1) is 10.2 Å². The molecule has 0 unspecified atom stereocenters. The molecule has 0 atom stereocenters. The first kappa shape index (κ1) is 18.8. The highest BCUT2D eigenvalue weighted by atomic mass is 32.2. The fourth-order valence-corrected chi connectivity index (χ4v) is 5.52. The van der Waals surface area contributed by atoms with Gasteiger partial charge in [0.2, 0.25) is 16.9 Å². The molecule has 0 radical (unpaired) electrons. The van der Waals surface area contributed by atoms with Gasteiger partial charge in [0.1, 0.15) is 0 Å². The number of benzene rings is 1. The van der Waals surface area contributed by atoms with E-state index < -0.39 is 10.0 Å². The Hall–Kier alpha value is -1.98. The first-order valence-electron chi connectivity index (χ1n) is 7.75. The second-order valence-corrected chi connectivity index (χ2v) is 10.2. The fraction of sp³-hybridized carbons (Fsp3) is 0.333. The van der Waals surface area contributed by atoms with Crippen molar-refractivity contribution in [1.29, 1.82) is 0 Å². The Balaban J connectivity index is 1.76. The molecule has 11 heteroatoms. The Morgan fingerprint density at radius 3 is 2.31 bits per heavy atom. The number of hydrogen-bond donors (Lipinski definition) is 1. The van der Waals surface area contributed by atoms with Crippen LogP contribution in [0.2, 0.25) is 0 Å². The summed E-state index contributed by atoms with van der Waals surface area (Å²) in [7, 11) is -3.84. The zero-order chi connectivity index (χ0) is 18.9. The SMILES string of the molecule is CC(C)Sc1nnc(NS(=O)(=O)c2ccc(N3C(=O)CCC3=O)cc2)s1. The molecular weight excluding hydrogens is 396 g/mol. The van der Waals surface area contributed by atoms with E-state index in [0.29, 0.717) is 15.3 Å². The van der Waals surface area contributed by atoms with Crippen molar-refractivity contribution in [3.63, 3.8) is 0 Å². The van der Waals surface area contributed by atoms with Crippen molar-refractivity contribution in [3.05, 3.63) is 24.3 Å². The van der Waals surface area contributed by atoms with E-state index in [1.54, 1.807) is 0 Å². The minimum Gasteiger partial charge on any atom is -0.274 e. The minimum atomic E-state index is -3.84. The summed E-state index contributed by atoms with van der Waals surface area (Å²) in [5.41, 5.74) is 0.364. The zero-order valence-corrected chi connectivity index (χ0v) is 16.4. The highest BCUT2D eigenvalue weighted by molar-refractivity contribution is 8.01. The van der Waals surface area contributed by atoms with E-state index in [9.17, 15) is 18.0 Å². The predicted molar refractivity (Wildman–Crippen MR) is 99.9 cm³/mol. The second-order valence-electron chi connectivity index (χ2n) is 5.76. The molecule has 26 heavy (non-hydrogen) atoms. The number of thioether (sulfide) groups is 1. The van der Waals surface area contributed by atoms with Gasteiger partial charge in [0.15, 0.2) is 4.34 Å². The molecule has 0 spiro atoms. The van der Waals surface area contributed by atoms with Crippen LogP contribution >= 0.6 is 23.1 Å². The van der Waals surface area contributed by atoms with E-state index in [1.807, 2.05) is 13.8 Å². The summed E-state index contributed by atoms with van der Waals surface area (Å²) in [5, 5.41) is 8.28. The van der Waals surface area contributed by atoms with Gasteiger partial charge in [-0.3, -0.25) is 19.2 Å². The molecule has 1 aliphatic rings. The smallest absolute Gasteiger partial charge is 0.263 e. The number of anilines is 2. The van der Waals surface area contributed by atoms with E-state index in [-0.39, 0.29) is 34.7 Å². The highest BCUT2D eigenvalue weighted by Crippen LogP contribution is 2.30. The van der Waals surface area contributed by atoms with Crippen LogP contribution in [0, 0.1) is 0 Å². The van der Waals surface area contributed by atoms with E-state index in [1.165, 1.54) is 36.0 Å². The molecule has 1 fully saturated rings. The van der Waals surface area contributed by atoms with Gasteiger partial charge in [-0.25, -0.2) is 8.42 Å². The Morgan fingerprint density at radius 1 is 1.12 bits per heavy atom. The number of carbonyl (C=O) groups is 2. The summed E-state index contributed by atoms with van der Waals surface area (Å²) >= 11 is 2.66. The van der Waals surface area contributed by atoms with Crippen LogP contribution in [0.4, 0.5) is 10.8 Å². The fourth-order valence-electron chi connectivity index (χ4n) is 2.31. The van der Waals surface area contributed by atoms with Gasteiger partial charge >= 0.3 is 0 Å². The topological polar surface area (TPSA) is 109 Å². The maximum Gasteiger partial charge on any atom is 0.263 e. The Bertz CT molecular complexity index is 922. The number of carbonyl (C=O) groups excluding carboxylic acids is 2. The normalized spacial score (nSPS) is 15.1. The van der Waals surface area contributed by atoms with Crippen LogP contribution in [-0.4, -0.2) is 35.7 Å². The quantitative estimate of drug-likeness (QED) is 0.573. The van der Waals surface area contributed by atoms with E-state index in [0.717, 1.165) is 16.2 Å². The Kier molecular flexibility index (Phi) is 5.30. The van der Waals surface area contributed by atoms with Crippen molar-refractivity contribution >= 4 is 55.8 Å². The van der Waals surface area contributed by atoms with Crippen molar-refractivity contribution in [2.24, 2.45) is 0 Å². The van der Waals surface area contributed by atoms with Gasteiger partial charge < -0.3 is 0 Å². The number of rotatable bonds is 6. The van der Waals surface area contributed by atoms with Crippen molar-refractivity contribution in [2.45, 2.75) is 41.2 Å². The summed E-state index contributed by atoms with van der Waals surface area (Å²) in [6.45, 7) is 4.01. The van der Waals surface area contributed by atoms with Crippen LogP contribution in [0.1, 0.15) is 26.7 Å². The van der Waals surface area contributed by atoms with Gasteiger partial charge in [0.25, 0.3) is 10.0 Å². The van der Waals surface area contributed by atoms with Crippen LogP contribution < -0.4 is 9.62 Å². The van der Waals surface area contributed by atoms with Crippen LogP contribution in [0.25, 0.3) is 0 Å². The van der Waals surface area contributed by atoms with Crippen molar-refractivity contribution < 1.29 is 18.0 Å². The maximum atomic E-state index is 12.5.